The molecule has 1 aromatic heterocycles. The molecule has 1 spiro atoms. The van der Waals surface area contributed by atoms with Gasteiger partial charge in [-0.3, -0.25) is 0 Å². The molecule has 0 radical (unpaired) electrons. The Kier molecular flexibility index (Phi) is 6.45. The number of pyridine rings is 1. The molecule has 3 aliphatic rings. The summed E-state index contributed by atoms with van der Waals surface area (Å²) in [5.41, 5.74) is 2.16. The molecule has 194 valence electrons. The van der Waals surface area contributed by atoms with Crippen LogP contribution in [-0.2, 0) is 17.5 Å². The average Bonchev–Trinajstić information content (AvgIpc) is 3.22. The van der Waals surface area contributed by atoms with Gasteiger partial charge >= 0.3 is 12.1 Å². The van der Waals surface area contributed by atoms with E-state index in [1.807, 2.05) is 6.92 Å². The first-order chi connectivity index (χ1) is 17.1. The minimum Gasteiger partial charge on any atom is -0.457 e. The van der Waals surface area contributed by atoms with Gasteiger partial charge in [-0.2, -0.15) is 13.2 Å². The topological polar surface area (TPSA) is 65.9 Å². The number of aliphatic hydroxyl groups excluding tert-OH is 1. The number of hydrogen-bond donors (Lipinski definition) is 1. The molecule has 0 saturated carbocycles. The zero-order chi connectivity index (χ0) is 25.7. The molecule has 6 nitrogen and oxygen atoms in total. The number of esters is 1. The minimum atomic E-state index is -4.62. The van der Waals surface area contributed by atoms with Crippen molar-refractivity contribution in [2.24, 2.45) is 5.41 Å². The van der Waals surface area contributed by atoms with E-state index in [0.29, 0.717) is 37.5 Å². The van der Waals surface area contributed by atoms with Crippen LogP contribution in [0.25, 0.3) is 0 Å². The lowest BCUT2D eigenvalue weighted by Gasteiger charge is -2.47. The second-order valence-electron chi connectivity index (χ2n) is 10.2. The van der Waals surface area contributed by atoms with E-state index in [1.54, 1.807) is 17.0 Å². The van der Waals surface area contributed by atoms with Gasteiger partial charge in [0.25, 0.3) is 0 Å². The number of cyclic esters (lactones) is 1. The molecule has 4 heterocycles. The number of benzene rings is 1. The number of β-amino-alcohol motifs (C(OH)–C–C–N with tert-alkyl or cyclic N) is 1. The number of fused-ring (bicyclic) bond motifs is 1. The molecule has 2 fully saturated rings. The van der Waals surface area contributed by atoms with Crippen LogP contribution < -0.4 is 4.90 Å². The van der Waals surface area contributed by atoms with Crippen LogP contribution in [0.2, 0.25) is 0 Å². The Morgan fingerprint density at radius 3 is 2.44 bits per heavy atom. The number of likely N-dealkylation sites (tertiary alicyclic amines) is 1. The number of anilines is 1. The van der Waals surface area contributed by atoms with E-state index in [0.717, 1.165) is 55.5 Å². The first-order valence-corrected chi connectivity index (χ1v) is 12.2. The quantitative estimate of drug-likeness (QED) is 0.481. The highest BCUT2D eigenvalue weighted by atomic mass is 19.4. The van der Waals surface area contributed by atoms with Gasteiger partial charge in [-0.25, -0.2) is 14.2 Å². The third kappa shape index (κ3) is 4.68. The maximum atomic E-state index is 14.4. The van der Waals surface area contributed by atoms with E-state index < -0.39 is 23.7 Å². The van der Waals surface area contributed by atoms with E-state index in [9.17, 15) is 27.5 Å². The number of carbonyl (C=O) groups is 1. The summed E-state index contributed by atoms with van der Waals surface area (Å²) in [7, 11) is 0. The van der Waals surface area contributed by atoms with Crippen LogP contribution in [0.4, 0.5) is 23.4 Å². The molecule has 10 heteroatoms. The molecule has 2 saturated heterocycles. The number of hydrogen-bond acceptors (Lipinski definition) is 6. The molecule has 2 aromatic rings. The van der Waals surface area contributed by atoms with Gasteiger partial charge < -0.3 is 19.6 Å². The van der Waals surface area contributed by atoms with Crippen molar-refractivity contribution >= 4 is 11.8 Å². The van der Waals surface area contributed by atoms with Gasteiger partial charge in [0, 0.05) is 31.4 Å². The summed E-state index contributed by atoms with van der Waals surface area (Å²) >= 11 is 0. The number of carbonyl (C=O) groups excluding carboxylic acids is 1. The van der Waals surface area contributed by atoms with Gasteiger partial charge in [0.05, 0.1) is 17.2 Å². The SMILES string of the molecule is Cc1c(C(O)CN2CCC3(CC2)CCN(c2ncc(C(F)(F)F)cc2F)CC3)ccc2c1COC2=O. The van der Waals surface area contributed by atoms with Crippen LogP contribution in [0.5, 0.6) is 0 Å². The minimum absolute atomic E-state index is 0.0183. The number of nitrogens with zero attached hydrogens (tertiary/aromatic N) is 3. The first kappa shape index (κ1) is 25.0. The van der Waals surface area contributed by atoms with Gasteiger partial charge in [-0.15, -0.1) is 0 Å². The van der Waals surface area contributed by atoms with Gasteiger partial charge in [0.1, 0.15) is 6.61 Å². The largest absolute Gasteiger partial charge is 0.457 e. The Balaban J connectivity index is 1.16. The molecular formula is C26H29F4N3O3. The highest BCUT2D eigenvalue weighted by Gasteiger charge is 2.39. The smallest absolute Gasteiger partial charge is 0.417 e. The van der Waals surface area contributed by atoms with Gasteiger partial charge in [0.2, 0.25) is 0 Å². The van der Waals surface area contributed by atoms with Crippen molar-refractivity contribution in [3.05, 3.63) is 58.0 Å². The fourth-order valence-electron chi connectivity index (χ4n) is 5.79. The van der Waals surface area contributed by atoms with E-state index in [-0.39, 0.29) is 23.8 Å². The van der Waals surface area contributed by atoms with Crippen LogP contribution in [0.3, 0.4) is 0 Å². The van der Waals surface area contributed by atoms with Crippen molar-refractivity contribution in [3.63, 3.8) is 0 Å². The third-order valence-electron chi connectivity index (χ3n) is 8.19. The standard InChI is InChI=1S/C26H29F4N3O3/c1-16-18(2-3-19-20(16)15-36-24(19)35)22(34)14-32-8-4-25(5-9-32)6-10-33(11-7-25)23-21(27)12-17(13-31-23)26(28,29)30/h2-3,12-13,22,34H,4-11,14-15H2,1H3. The zero-order valence-corrected chi connectivity index (χ0v) is 20.1. The zero-order valence-electron chi connectivity index (χ0n) is 20.1. The van der Waals surface area contributed by atoms with Crippen LogP contribution in [-0.4, -0.2) is 53.7 Å². The lowest BCUT2D eigenvalue weighted by molar-refractivity contribution is -0.138. The van der Waals surface area contributed by atoms with Crippen LogP contribution in [0.1, 0.15) is 64.4 Å². The fraction of sp³-hybridized carbons (Fsp3) is 0.538. The molecular weight excluding hydrogens is 478 g/mol. The summed E-state index contributed by atoms with van der Waals surface area (Å²) in [5, 5.41) is 10.9. The van der Waals surface area contributed by atoms with Crippen molar-refractivity contribution in [1.29, 1.82) is 0 Å². The number of alkyl halides is 3. The van der Waals surface area contributed by atoms with Crippen LogP contribution >= 0.6 is 0 Å². The molecule has 0 aliphatic carbocycles. The summed E-state index contributed by atoms with van der Waals surface area (Å²) < 4.78 is 57.9. The van der Waals surface area contributed by atoms with Crippen LogP contribution in [0.15, 0.2) is 24.4 Å². The third-order valence-corrected chi connectivity index (χ3v) is 8.19. The van der Waals surface area contributed by atoms with E-state index >= 15 is 0 Å². The Morgan fingerprint density at radius 1 is 1.14 bits per heavy atom. The Morgan fingerprint density at radius 2 is 1.81 bits per heavy atom. The Bertz CT molecular complexity index is 1150. The van der Waals surface area contributed by atoms with E-state index in [1.165, 1.54) is 0 Å². The summed E-state index contributed by atoms with van der Waals surface area (Å²) in [6.45, 7) is 5.41. The highest BCUT2D eigenvalue weighted by molar-refractivity contribution is 5.93. The van der Waals surface area contributed by atoms with Gasteiger partial charge in [-0.1, -0.05) is 6.07 Å². The molecule has 1 N–H and O–H groups in total. The lowest BCUT2D eigenvalue weighted by Crippen LogP contribution is -2.48. The van der Waals surface area contributed by atoms with Gasteiger partial charge in [0.15, 0.2) is 11.6 Å². The predicted molar refractivity (Wildman–Crippen MR) is 124 cm³/mol. The monoisotopic (exact) mass is 507 g/mol. The predicted octanol–water partition coefficient (Wildman–Crippen LogP) is 4.63. The van der Waals surface area contributed by atoms with E-state index in [2.05, 4.69) is 9.88 Å². The highest BCUT2D eigenvalue weighted by Crippen LogP contribution is 2.43. The maximum Gasteiger partial charge on any atom is 0.417 e. The molecule has 36 heavy (non-hydrogen) atoms. The number of halogens is 4. The van der Waals surface area contributed by atoms with E-state index in [4.69, 9.17) is 4.74 Å². The summed E-state index contributed by atoms with van der Waals surface area (Å²) in [5.74, 6) is -1.28. The second kappa shape index (κ2) is 9.30. The number of aromatic nitrogens is 1. The number of rotatable bonds is 4. The molecule has 1 unspecified atom stereocenters. The summed E-state index contributed by atoms with van der Waals surface area (Å²) in [4.78, 5) is 19.5. The molecule has 5 rings (SSSR count). The van der Waals surface area contributed by atoms with Crippen molar-refractivity contribution < 1.29 is 32.2 Å². The lowest BCUT2D eigenvalue weighted by atomic mass is 9.71. The number of aliphatic hydroxyl groups is 1. The Hall–Kier alpha value is -2.72. The van der Waals surface area contributed by atoms with Crippen molar-refractivity contribution in [1.82, 2.24) is 9.88 Å². The molecule has 3 aliphatic heterocycles. The van der Waals surface area contributed by atoms with Crippen LogP contribution in [0, 0.1) is 18.2 Å². The second-order valence-corrected chi connectivity index (χ2v) is 10.2. The average molecular weight is 508 g/mol. The number of piperidine rings is 2. The first-order valence-electron chi connectivity index (χ1n) is 12.2. The van der Waals surface area contributed by atoms with Crippen molar-refractivity contribution in [2.75, 3.05) is 37.6 Å². The van der Waals surface area contributed by atoms with Crippen molar-refractivity contribution in [3.8, 4) is 0 Å². The molecule has 1 atom stereocenters. The maximum absolute atomic E-state index is 14.4. The number of ether oxygens (including phenoxy) is 1. The Labute approximate surface area is 206 Å². The molecule has 1 aromatic carbocycles. The fourth-order valence-corrected chi connectivity index (χ4v) is 5.79. The summed E-state index contributed by atoms with van der Waals surface area (Å²) in [6, 6.07) is 4.05. The molecule has 0 bridgehead atoms. The molecule has 0 amide bonds. The van der Waals surface area contributed by atoms with Crippen molar-refractivity contribution in [2.45, 2.75) is 51.5 Å². The normalized spacial score (nSPS) is 20.9. The summed E-state index contributed by atoms with van der Waals surface area (Å²) in [6.07, 6.45) is -1.06. The van der Waals surface area contributed by atoms with Gasteiger partial charge in [-0.05, 0) is 74.4 Å².